The molecule has 0 bridgehead atoms. The second-order valence-electron chi connectivity index (χ2n) is 3.78. The molecule has 3 nitrogen and oxygen atoms in total. The molecule has 2 rings (SSSR count). The highest BCUT2D eigenvalue weighted by Gasteiger charge is 2.10. The molecule has 1 heterocycles. The Bertz CT molecular complexity index is 420. The number of rotatable bonds is 3. The minimum atomic E-state index is 0.232. The molecule has 0 saturated heterocycles. The van der Waals surface area contributed by atoms with E-state index in [1.807, 2.05) is 24.3 Å². The lowest BCUT2D eigenvalue weighted by Crippen LogP contribution is -2.22. The van der Waals surface area contributed by atoms with Crippen molar-refractivity contribution < 1.29 is 4.74 Å². The van der Waals surface area contributed by atoms with E-state index in [1.54, 1.807) is 12.3 Å². The molecule has 1 unspecified atom stereocenters. The van der Waals surface area contributed by atoms with Gasteiger partial charge in [0.1, 0.15) is 6.10 Å². The maximum absolute atomic E-state index is 8.77. The van der Waals surface area contributed by atoms with Gasteiger partial charge in [0.2, 0.25) is 0 Å². The van der Waals surface area contributed by atoms with E-state index in [2.05, 4.69) is 11.4 Å². The first-order chi connectivity index (χ1) is 7.88. The van der Waals surface area contributed by atoms with Crippen molar-refractivity contribution in [2.75, 3.05) is 11.9 Å². The van der Waals surface area contributed by atoms with E-state index in [-0.39, 0.29) is 6.10 Å². The van der Waals surface area contributed by atoms with E-state index in [1.165, 1.54) is 0 Å². The minimum absolute atomic E-state index is 0.232. The molecule has 1 N–H and O–H groups in total. The maximum atomic E-state index is 8.77. The Morgan fingerprint density at radius 3 is 3.19 bits per heavy atom. The van der Waals surface area contributed by atoms with Gasteiger partial charge in [-0.3, -0.25) is 0 Å². The van der Waals surface area contributed by atoms with Crippen LogP contribution in [0.25, 0.3) is 0 Å². The van der Waals surface area contributed by atoms with Gasteiger partial charge in [0.15, 0.2) is 0 Å². The van der Waals surface area contributed by atoms with Crippen LogP contribution in [0.2, 0.25) is 0 Å². The van der Waals surface area contributed by atoms with E-state index in [4.69, 9.17) is 10.00 Å². The third kappa shape index (κ3) is 2.77. The molecule has 0 saturated carbocycles. The first-order valence-electron chi connectivity index (χ1n) is 5.43. The van der Waals surface area contributed by atoms with Crippen molar-refractivity contribution in [2.24, 2.45) is 0 Å². The maximum Gasteiger partial charge on any atom is 0.115 e. The summed E-state index contributed by atoms with van der Waals surface area (Å²) in [6.45, 7) is 0.777. The van der Waals surface area contributed by atoms with Gasteiger partial charge in [0, 0.05) is 5.69 Å². The van der Waals surface area contributed by atoms with Crippen LogP contribution in [0.5, 0.6) is 0 Å². The molecular weight excluding hydrogens is 200 g/mol. The summed E-state index contributed by atoms with van der Waals surface area (Å²) in [6, 6.07) is 9.60. The highest BCUT2D eigenvalue weighted by Crippen LogP contribution is 2.13. The Labute approximate surface area is 95.3 Å². The van der Waals surface area contributed by atoms with E-state index >= 15 is 0 Å². The summed E-state index contributed by atoms with van der Waals surface area (Å²) in [5.74, 6) is 0. The Morgan fingerprint density at radius 1 is 1.50 bits per heavy atom. The van der Waals surface area contributed by atoms with Crippen molar-refractivity contribution in [3.8, 4) is 6.07 Å². The van der Waals surface area contributed by atoms with E-state index in [0.717, 1.165) is 25.1 Å². The molecule has 0 aliphatic carbocycles. The van der Waals surface area contributed by atoms with Gasteiger partial charge in [-0.25, -0.2) is 0 Å². The molecule has 3 heteroatoms. The summed E-state index contributed by atoms with van der Waals surface area (Å²) in [5.41, 5.74) is 1.65. The van der Waals surface area contributed by atoms with Gasteiger partial charge in [-0.1, -0.05) is 6.07 Å². The van der Waals surface area contributed by atoms with E-state index in [0.29, 0.717) is 5.56 Å². The lowest BCUT2D eigenvalue weighted by Gasteiger charge is -2.20. The quantitative estimate of drug-likeness (QED) is 0.841. The Balaban J connectivity index is 1.89. The summed E-state index contributed by atoms with van der Waals surface area (Å²) in [5, 5.41) is 12.0. The van der Waals surface area contributed by atoms with Crippen LogP contribution >= 0.6 is 0 Å². The van der Waals surface area contributed by atoms with Gasteiger partial charge in [0.05, 0.1) is 24.4 Å². The van der Waals surface area contributed by atoms with Crippen LogP contribution in [0.4, 0.5) is 5.69 Å². The zero-order chi connectivity index (χ0) is 11.2. The number of hydrogen-bond acceptors (Lipinski definition) is 3. The van der Waals surface area contributed by atoms with Crippen molar-refractivity contribution in [3.63, 3.8) is 0 Å². The largest absolute Gasteiger partial charge is 0.497 e. The third-order valence-electron chi connectivity index (χ3n) is 2.55. The van der Waals surface area contributed by atoms with Crippen LogP contribution in [0, 0.1) is 11.3 Å². The van der Waals surface area contributed by atoms with Crippen LogP contribution in [0.15, 0.2) is 36.6 Å². The second kappa shape index (κ2) is 5.22. The van der Waals surface area contributed by atoms with E-state index in [9.17, 15) is 0 Å². The number of allylic oxidation sites excluding steroid dienone is 1. The molecule has 1 aromatic carbocycles. The fraction of sp³-hybridized carbons (Fsp3) is 0.308. The smallest absolute Gasteiger partial charge is 0.115 e. The molecule has 0 amide bonds. The van der Waals surface area contributed by atoms with Crippen LogP contribution in [0.1, 0.15) is 18.4 Å². The minimum Gasteiger partial charge on any atom is -0.497 e. The predicted molar refractivity (Wildman–Crippen MR) is 62.9 cm³/mol. The Kier molecular flexibility index (Phi) is 3.45. The lowest BCUT2D eigenvalue weighted by atomic mass is 10.1. The number of nitrogens with one attached hydrogen (secondary N) is 1. The predicted octanol–water partition coefficient (Wildman–Crippen LogP) is 2.66. The fourth-order valence-electron chi connectivity index (χ4n) is 1.67. The molecule has 1 aliphatic rings. The van der Waals surface area contributed by atoms with Gasteiger partial charge in [-0.2, -0.15) is 5.26 Å². The molecular formula is C13H14N2O. The highest BCUT2D eigenvalue weighted by atomic mass is 16.5. The Morgan fingerprint density at radius 2 is 2.44 bits per heavy atom. The van der Waals surface area contributed by atoms with Crippen LogP contribution in [-0.2, 0) is 4.74 Å². The molecule has 1 aliphatic heterocycles. The summed E-state index contributed by atoms with van der Waals surface area (Å²) < 4.78 is 5.45. The zero-order valence-electron chi connectivity index (χ0n) is 9.02. The van der Waals surface area contributed by atoms with Crippen molar-refractivity contribution in [1.82, 2.24) is 0 Å². The zero-order valence-corrected chi connectivity index (χ0v) is 9.02. The monoisotopic (exact) mass is 214 g/mol. The van der Waals surface area contributed by atoms with Crippen LogP contribution < -0.4 is 5.32 Å². The lowest BCUT2D eigenvalue weighted by molar-refractivity contribution is 0.135. The SMILES string of the molecule is N#Cc1cccc(NCC2CCC=CO2)c1. The normalized spacial score (nSPS) is 18.6. The molecule has 16 heavy (non-hydrogen) atoms. The van der Waals surface area contributed by atoms with Crippen LogP contribution in [0.3, 0.4) is 0 Å². The number of hydrogen-bond donors (Lipinski definition) is 1. The topological polar surface area (TPSA) is 45.0 Å². The second-order valence-corrected chi connectivity index (χ2v) is 3.78. The van der Waals surface area contributed by atoms with Gasteiger partial charge in [-0.15, -0.1) is 0 Å². The van der Waals surface area contributed by atoms with Gasteiger partial charge in [0.25, 0.3) is 0 Å². The molecule has 0 aromatic heterocycles. The van der Waals surface area contributed by atoms with Crippen molar-refractivity contribution in [2.45, 2.75) is 18.9 Å². The Hall–Kier alpha value is -1.95. The van der Waals surface area contributed by atoms with Gasteiger partial charge >= 0.3 is 0 Å². The molecule has 0 radical (unpaired) electrons. The third-order valence-corrected chi connectivity index (χ3v) is 2.55. The van der Waals surface area contributed by atoms with E-state index < -0.39 is 0 Å². The van der Waals surface area contributed by atoms with Crippen molar-refractivity contribution in [3.05, 3.63) is 42.2 Å². The van der Waals surface area contributed by atoms with Crippen molar-refractivity contribution in [1.29, 1.82) is 5.26 Å². The van der Waals surface area contributed by atoms with Crippen LogP contribution in [-0.4, -0.2) is 12.6 Å². The summed E-state index contributed by atoms with van der Waals surface area (Å²) in [4.78, 5) is 0. The average molecular weight is 214 g/mol. The standard InChI is InChI=1S/C13H14N2O/c14-9-11-4-3-5-12(8-11)15-10-13-6-1-2-7-16-13/h2-5,7-8,13,15H,1,6,10H2. The number of ether oxygens (including phenoxy) is 1. The van der Waals surface area contributed by atoms with Gasteiger partial charge < -0.3 is 10.1 Å². The first-order valence-corrected chi connectivity index (χ1v) is 5.43. The summed E-state index contributed by atoms with van der Waals surface area (Å²) >= 11 is 0. The molecule has 82 valence electrons. The summed E-state index contributed by atoms with van der Waals surface area (Å²) in [6.07, 6.45) is 6.15. The van der Waals surface area contributed by atoms with Gasteiger partial charge in [-0.05, 0) is 37.1 Å². The highest BCUT2D eigenvalue weighted by molar-refractivity contribution is 5.49. The number of nitriles is 1. The molecule has 0 fully saturated rings. The number of anilines is 1. The fourth-order valence-corrected chi connectivity index (χ4v) is 1.67. The molecule has 0 spiro atoms. The first kappa shape index (κ1) is 10.6. The molecule has 1 aromatic rings. The average Bonchev–Trinajstić information content (AvgIpc) is 2.38. The van der Waals surface area contributed by atoms with Crippen molar-refractivity contribution >= 4 is 5.69 Å². The molecule has 1 atom stereocenters. The summed E-state index contributed by atoms with van der Waals surface area (Å²) in [7, 11) is 0. The number of nitrogens with zero attached hydrogens (tertiary/aromatic N) is 1. The number of benzene rings is 1.